The van der Waals surface area contributed by atoms with Gasteiger partial charge in [-0.05, 0) is 33.6 Å². The molecule has 1 aliphatic rings. The van der Waals surface area contributed by atoms with Crippen molar-refractivity contribution in [1.82, 2.24) is 9.97 Å². The average molecular weight is 249 g/mol. The molecule has 98 valence electrons. The Morgan fingerprint density at radius 2 is 2.00 bits per heavy atom. The van der Waals surface area contributed by atoms with Crippen molar-refractivity contribution in [2.75, 3.05) is 11.1 Å². The highest BCUT2D eigenvalue weighted by Crippen LogP contribution is 2.39. The Labute approximate surface area is 106 Å². The smallest absolute Gasteiger partial charge is 0.242 e. The van der Waals surface area contributed by atoms with Crippen LogP contribution in [0.2, 0.25) is 0 Å². The van der Waals surface area contributed by atoms with Crippen LogP contribution in [-0.2, 0) is 4.79 Å². The Morgan fingerprint density at radius 1 is 1.39 bits per heavy atom. The molecule has 5 N–H and O–H groups in total. The number of rotatable bonds is 4. The van der Waals surface area contributed by atoms with Gasteiger partial charge >= 0.3 is 0 Å². The average Bonchev–Trinajstić information content (AvgIpc) is 3.07. The first kappa shape index (κ1) is 12.6. The number of hydrogen-bond acceptors (Lipinski definition) is 5. The quantitative estimate of drug-likeness (QED) is 0.735. The van der Waals surface area contributed by atoms with Crippen molar-refractivity contribution in [1.29, 1.82) is 0 Å². The summed E-state index contributed by atoms with van der Waals surface area (Å²) < 4.78 is 0. The predicted molar refractivity (Wildman–Crippen MR) is 70.1 cm³/mol. The second-order valence-corrected chi connectivity index (χ2v) is 5.33. The van der Waals surface area contributed by atoms with Gasteiger partial charge in [0.2, 0.25) is 5.91 Å². The zero-order valence-corrected chi connectivity index (χ0v) is 10.9. The number of anilines is 2. The van der Waals surface area contributed by atoms with Crippen LogP contribution in [0.3, 0.4) is 0 Å². The van der Waals surface area contributed by atoms with E-state index in [0.29, 0.717) is 17.6 Å². The maximum atomic E-state index is 11.3. The van der Waals surface area contributed by atoms with Gasteiger partial charge < -0.3 is 16.8 Å². The fourth-order valence-corrected chi connectivity index (χ4v) is 1.56. The molecule has 6 heteroatoms. The summed E-state index contributed by atoms with van der Waals surface area (Å²) in [6.45, 7) is 5.25. The van der Waals surface area contributed by atoms with E-state index in [1.54, 1.807) is 13.8 Å². The summed E-state index contributed by atoms with van der Waals surface area (Å²) >= 11 is 0. The first-order valence-corrected chi connectivity index (χ1v) is 6.03. The Hall–Kier alpha value is -1.85. The van der Waals surface area contributed by atoms with Gasteiger partial charge in [0.05, 0.1) is 0 Å². The van der Waals surface area contributed by atoms with E-state index >= 15 is 0 Å². The lowest BCUT2D eigenvalue weighted by Crippen LogP contribution is -2.45. The molecule has 0 unspecified atom stereocenters. The van der Waals surface area contributed by atoms with Crippen LogP contribution in [-0.4, -0.2) is 21.4 Å². The standard InChI is InChI=1S/C12H19N5O/c1-6-8(13)15-10(7-4-5-7)16-9(6)17-12(2,3)11(14)18/h7H,4-5H2,1-3H3,(H2,14,18)(H3,13,15,16,17). The maximum Gasteiger partial charge on any atom is 0.242 e. The molecule has 0 radical (unpaired) electrons. The molecule has 1 heterocycles. The Balaban J connectivity index is 2.34. The van der Waals surface area contributed by atoms with Crippen LogP contribution >= 0.6 is 0 Å². The molecule has 1 aromatic heterocycles. The van der Waals surface area contributed by atoms with Crippen molar-refractivity contribution in [2.45, 2.75) is 45.1 Å². The third-order valence-corrected chi connectivity index (χ3v) is 3.19. The number of nitrogens with one attached hydrogen (secondary N) is 1. The number of aromatic nitrogens is 2. The minimum atomic E-state index is -0.869. The largest absolute Gasteiger partial charge is 0.383 e. The zero-order chi connectivity index (χ0) is 13.5. The van der Waals surface area contributed by atoms with Gasteiger partial charge in [-0.3, -0.25) is 4.79 Å². The highest BCUT2D eigenvalue weighted by atomic mass is 16.1. The van der Waals surface area contributed by atoms with Crippen molar-refractivity contribution in [3.63, 3.8) is 0 Å². The number of carbonyl (C=O) groups excluding carboxylic acids is 1. The van der Waals surface area contributed by atoms with E-state index in [2.05, 4.69) is 15.3 Å². The second kappa shape index (κ2) is 4.12. The van der Waals surface area contributed by atoms with Crippen LogP contribution in [0.1, 0.15) is 44.0 Å². The lowest BCUT2D eigenvalue weighted by atomic mass is 10.0. The number of nitrogens with zero attached hydrogens (tertiary/aromatic N) is 2. The topological polar surface area (TPSA) is 107 Å². The zero-order valence-electron chi connectivity index (χ0n) is 10.9. The van der Waals surface area contributed by atoms with Gasteiger partial charge in [-0.1, -0.05) is 0 Å². The Bertz CT molecular complexity index is 493. The summed E-state index contributed by atoms with van der Waals surface area (Å²) in [4.78, 5) is 20.1. The van der Waals surface area contributed by atoms with Gasteiger partial charge in [-0.25, -0.2) is 9.97 Å². The van der Waals surface area contributed by atoms with E-state index in [1.165, 1.54) is 0 Å². The van der Waals surface area contributed by atoms with E-state index in [9.17, 15) is 4.79 Å². The molecule has 2 rings (SSSR count). The molecule has 0 spiro atoms. The highest BCUT2D eigenvalue weighted by molar-refractivity contribution is 5.87. The van der Waals surface area contributed by atoms with Crippen molar-refractivity contribution in [3.8, 4) is 0 Å². The Morgan fingerprint density at radius 3 is 2.50 bits per heavy atom. The first-order chi connectivity index (χ1) is 8.31. The highest BCUT2D eigenvalue weighted by Gasteiger charge is 2.30. The number of hydrogen-bond donors (Lipinski definition) is 3. The van der Waals surface area contributed by atoms with Crippen LogP contribution in [0.5, 0.6) is 0 Å². The predicted octanol–water partition coefficient (Wildman–Crippen LogP) is 0.920. The van der Waals surface area contributed by atoms with E-state index < -0.39 is 11.4 Å². The number of carbonyl (C=O) groups is 1. The summed E-state index contributed by atoms with van der Waals surface area (Å²) in [5.41, 5.74) is 11.1. The van der Waals surface area contributed by atoms with Gasteiger partial charge in [0.15, 0.2) is 0 Å². The van der Waals surface area contributed by atoms with E-state index in [-0.39, 0.29) is 0 Å². The van der Waals surface area contributed by atoms with Gasteiger partial charge in [-0.2, -0.15) is 0 Å². The Kier molecular flexibility index (Phi) is 2.88. The summed E-state index contributed by atoms with van der Waals surface area (Å²) in [6.07, 6.45) is 2.20. The van der Waals surface area contributed by atoms with Crippen LogP contribution in [0, 0.1) is 6.92 Å². The van der Waals surface area contributed by atoms with Gasteiger partial charge in [0, 0.05) is 11.5 Å². The molecule has 1 fully saturated rings. The molecule has 1 amide bonds. The van der Waals surface area contributed by atoms with Gasteiger partial charge in [0.25, 0.3) is 0 Å². The van der Waals surface area contributed by atoms with E-state index in [4.69, 9.17) is 11.5 Å². The number of primary amides is 1. The monoisotopic (exact) mass is 249 g/mol. The van der Waals surface area contributed by atoms with Crippen molar-refractivity contribution >= 4 is 17.5 Å². The summed E-state index contributed by atoms with van der Waals surface area (Å²) in [6, 6.07) is 0. The van der Waals surface area contributed by atoms with Crippen molar-refractivity contribution < 1.29 is 4.79 Å². The van der Waals surface area contributed by atoms with E-state index in [1.807, 2.05) is 6.92 Å². The molecule has 0 aliphatic heterocycles. The molecule has 0 atom stereocenters. The number of nitrogen functional groups attached to an aromatic ring is 1. The molecule has 0 aromatic carbocycles. The van der Waals surface area contributed by atoms with Gasteiger partial charge in [-0.15, -0.1) is 0 Å². The molecule has 1 saturated carbocycles. The molecular formula is C12H19N5O. The number of nitrogens with two attached hydrogens (primary N) is 2. The normalized spacial score (nSPS) is 15.5. The molecule has 1 aliphatic carbocycles. The minimum absolute atomic E-state index is 0.408. The van der Waals surface area contributed by atoms with Crippen LogP contribution in [0.15, 0.2) is 0 Å². The first-order valence-electron chi connectivity index (χ1n) is 6.03. The lowest BCUT2D eigenvalue weighted by Gasteiger charge is -2.24. The summed E-state index contributed by atoms with van der Waals surface area (Å²) in [5, 5.41) is 3.04. The van der Waals surface area contributed by atoms with E-state index in [0.717, 1.165) is 24.2 Å². The molecule has 1 aromatic rings. The SMILES string of the molecule is Cc1c(N)nc(C2CC2)nc1NC(C)(C)C(N)=O. The van der Waals surface area contributed by atoms with Crippen LogP contribution < -0.4 is 16.8 Å². The molecule has 0 bridgehead atoms. The summed E-state index contributed by atoms with van der Waals surface area (Å²) in [5.74, 6) is 1.76. The second-order valence-electron chi connectivity index (χ2n) is 5.33. The lowest BCUT2D eigenvalue weighted by molar-refractivity contribution is -0.121. The third kappa shape index (κ3) is 2.37. The molecule has 0 saturated heterocycles. The molecular weight excluding hydrogens is 230 g/mol. The van der Waals surface area contributed by atoms with Crippen LogP contribution in [0.4, 0.5) is 11.6 Å². The van der Waals surface area contributed by atoms with Crippen molar-refractivity contribution in [2.24, 2.45) is 5.73 Å². The maximum absolute atomic E-state index is 11.3. The fourth-order valence-electron chi connectivity index (χ4n) is 1.56. The fraction of sp³-hybridized carbons (Fsp3) is 0.583. The summed E-state index contributed by atoms with van der Waals surface area (Å²) in [7, 11) is 0. The van der Waals surface area contributed by atoms with Crippen molar-refractivity contribution in [3.05, 3.63) is 11.4 Å². The van der Waals surface area contributed by atoms with Crippen LogP contribution in [0.25, 0.3) is 0 Å². The molecule has 6 nitrogen and oxygen atoms in total. The molecule has 18 heavy (non-hydrogen) atoms. The van der Waals surface area contributed by atoms with Gasteiger partial charge in [0.1, 0.15) is 23.0 Å². The minimum Gasteiger partial charge on any atom is -0.383 e. The third-order valence-electron chi connectivity index (χ3n) is 3.19. The number of amides is 1.